The minimum atomic E-state index is 0.567. The summed E-state index contributed by atoms with van der Waals surface area (Å²) >= 11 is 3.43. The van der Waals surface area contributed by atoms with E-state index in [0.717, 1.165) is 37.3 Å². The lowest BCUT2D eigenvalue weighted by molar-refractivity contribution is 0.167. The molecule has 1 saturated heterocycles. The standard InChI is InChI=1S/C12H15BrO2/c13-7-10-2-1-3-12(6-10)15-9-11-4-5-14-8-11/h1-3,6,11H,4-5,7-9H2. The van der Waals surface area contributed by atoms with Crippen LogP contribution >= 0.6 is 15.9 Å². The van der Waals surface area contributed by atoms with Crippen molar-refractivity contribution in [3.63, 3.8) is 0 Å². The van der Waals surface area contributed by atoms with E-state index in [9.17, 15) is 0 Å². The SMILES string of the molecule is BrCc1cccc(OCC2CCOC2)c1. The van der Waals surface area contributed by atoms with Crippen LogP contribution < -0.4 is 4.74 Å². The predicted octanol–water partition coefficient (Wildman–Crippen LogP) is 3.00. The van der Waals surface area contributed by atoms with E-state index in [1.165, 1.54) is 5.56 Å². The van der Waals surface area contributed by atoms with Crippen LogP contribution in [0.25, 0.3) is 0 Å². The Labute approximate surface area is 98.7 Å². The van der Waals surface area contributed by atoms with Crippen molar-refractivity contribution in [1.29, 1.82) is 0 Å². The Morgan fingerprint density at radius 1 is 1.47 bits per heavy atom. The molecule has 1 aromatic carbocycles. The molecule has 0 saturated carbocycles. The molecule has 15 heavy (non-hydrogen) atoms. The second-order valence-electron chi connectivity index (χ2n) is 3.82. The monoisotopic (exact) mass is 270 g/mol. The van der Waals surface area contributed by atoms with Crippen molar-refractivity contribution in [2.75, 3.05) is 19.8 Å². The molecular weight excluding hydrogens is 256 g/mol. The maximum atomic E-state index is 5.73. The molecule has 0 N–H and O–H groups in total. The van der Waals surface area contributed by atoms with Crippen molar-refractivity contribution in [3.05, 3.63) is 29.8 Å². The van der Waals surface area contributed by atoms with Crippen molar-refractivity contribution in [2.45, 2.75) is 11.8 Å². The summed E-state index contributed by atoms with van der Waals surface area (Å²) in [6.45, 7) is 2.50. The van der Waals surface area contributed by atoms with Gasteiger partial charge in [0.15, 0.2) is 0 Å². The molecule has 1 aliphatic rings. The number of hydrogen-bond acceptors (Lipinski definition) is 2. The molecule has 3 heteroatoms. The van der Waals surface area contributed by atoms with Gasteiger partial charge in [-0.1, -0.05) is 28.1 Å². The zero-order valence-electron chi connectivity index (χ0n) is 8.62. The van der Waals surface area contributed by atoms with Crippen LogP contribution in [0.15, 0.2) is 24.3 Å². The van der Waals surface area contributed by atoms with Crippen molar-refractivity contribution < 1.29 is 9.47 Å². The van der Waals surface area contributed by atoms with Crippen LogP contribution in [0.4, 0.5) is 0 Å². The van der Waals surface area contributed by atoms with E-state index in [-0.39, 0.29) is 0 Å². The summed E-state index contributed by atoms with van der Waals surface area (Å²) in [6.07, 6.45) is 1.12. The maximum Gasteiger partial charge on any atom is 0.119 e. The highest BCUT2D eigenvalue weighted by molar-refractivity contribution is 9.08. The Morgan fingerprint density at radius 2 is 2.40 bits per heavy atom. The third kappa shape index (κ3) is 3.21. The molecule has 1 aliphatic heterocycles. The molecule has 2 nitrogen and oxygen atoms in total. The van der Waals surface area contributed by atoms with E-state index in [0.29, 0.717) is 5.92 Å². The number of hydrogen-bond donors (Lipinski definition) is 0. The van der Waals surface area contributed by atoms with E-state index in [1.807, 2.05) is 12.1 Å². The van der Waals surface area contributed by atoms with E-state index in [1.54, 1.807) is 0 Å². The molecule has 2 rings (SSSR count). The fourth-order valence-corrected chi connectivity index (χ4v) is 2.00. The molecule has 0 radical (unpaired) electrons. The van der Waals surface area contributed by atoms with Gasteiger partial charge in [0.1, 0.15) is 5.75 Å². The number of benzene rings is 1. The van der Waals surface area contributed by atoms with E-state index in [4.69, 9.17) is 9.47 Å². The lowest BCUT2D eigenvalue weighted by Crippen LogP contribution is -2.11. The fourth-order valence-electron chi connectivity index (χ4n) is 1.65. The highest BCUT2D eigenvalue weighted by atomic mass is 79.9. The van der Waals surface area contributed by atoms with Crippen molar-refractivity contribution in [3.8, 4) is 5.75 Å². The van der Waals surface area contributed by atoms with Gasteiger partial charge in [0.2, 0.25) is 0 Å². The Bertz CT molecular complexity index is 308. The number of halogens is 1. The Hall–Kier alpha value is -0.540. The normalized spacial score (nSPS) is 20.5. The summed E-state index contributed by atoms with van der Waals surface area (Å²) in [5.41, 5.74) is 1.25. The molecule has 0 aromatic heterocycles. The molecule has 0 bridgehead atoms. The van der Waals surface area contributed by atoms with E-state index >= 15 is 0 Å². The molecule has 1 heterocycles. The Kier molecular flexibility index (Phi) is 4.03. The molecule has 1 aromatic rings. The van der Waals surface area contributed by atoms with Gasteiger partial charge < -0.3 is 9.47 Å². The highest BCUT2D eigenvalue weighted by Gasteiger charge is 2.15. The zero-order chi connectivity index (χ0) is 10.5. The number of alkyl halides is 1. The first-order chi connectivity index (χ1) is 7.38. The minimum Gasteiger partial charge on any atom is -0.493 e. The smallest absolute Gasteiger partial charge is 0.119 e. The summed E-state index contributed by atoms with van der Waals surface area (Å²) in [5, 5.41) is 0.872. The molecule has 1 atom stereocenters. The van der Waals surface area contributed by atoms with Crippen LogP contribution in [0.5, 0.6) is 5.75 Å². The second-order valence-corrected chi connectivity index (χ2v) is 4.38. The van der Waals surface area contributed by atoms with Crippen LogP contribution in [0, 0.1) is 5.92 Å². The summed E-state index contributed by atoms with van der Waals surface area (Å²) in [4.78, 5) is 0. The third-order valence-corrected chi connectivity index (χ3v) is 3.21. The van der Waals surface area contributed by atoms with Crippen molar-refractivity contribution in [1.82, 2.24) is 0 Å². The van der Waals surface area contributed by atoms with Crippen molar-refractivity contribution in [2.24, 2.45) is 5.92 Å². The summed E-state index contributed by atoms with van der Waals surface area (Å²) in [5.74, 6) is 1.52. The number of rotatable bonds is 4. The molecule has 0 aliphatic carbocycles. The summed E-state index contributed by atoms with van der Waals surface area (Å²) in [7, 11) is 0. The second kappa shape index (κ2) is 5.52. The van der Waals surface area contributed by atoms with Crippen LogP contribution in [0.2, 0.25) is 0 Å². The third-order valence-electron chi connectivity index (χ3n) is 2.56. The summed E-state index contributed by atoms with van der Waals surface area (Å²) < 4.78 is 11.0. The minimum absolute atomic E-state index is 0.567. The van der Waals surface area contributed by atoms with Crippen LogP contribution in [-0.2, 0) is 10.1 Å². The Balaban J connectivity index is 1.86. The first-order valence-electron chi connectivity index (χ1n) is 5.24. The quantitative estimate of drug-likeness (QED) is 0.784. The maximum absolute atomic E-state index is 5.73. The average molecular weight is 271 g/mol. The van der Waals surface area contributed by atoms with Gasteiger partial charge in [-0.3, -0.25) is 0 Å². The van der Waals surface area contributed by atoms with Gasteiger partial charge >= 0.3 is 0 Å². The Morgan fingerprint density at radius 3 is 3.13 bits per heavy atom. The summed E-state index contributed by atoms with van der Waals surface area (Å²) in [6, 6.07) is 8.18. The van der Waals surface area contributed by atoms with Gasteiger partial charge in [0.25, 0.3) is 0 Å². The first kappa shape index (κ1) is 11.0. The van der Waals surface area contributed by atoms with Gasteiger partial charge in [-0.25, -0.2) is 0 Å². The van der Waals surface area contributed by atoms with Gasteiger partial charge in [0, 0.05) is 17.9 Å². The first-order valence-corrected chi connectivity index (χ1v) is 6.36. The molecule has 1 unspecified atom stereocenters. The van der Waals surface area contributed by atoms with E-state index < -0.39 is 0 Å². The highest BCUT2D eigenvalue weighted by Crippen LogP contribution is 2.18. The van der Waals surface area contributed by atoms with Crippen LogP contribution in [0.3, 0.4) is 0 Å². The van der Waals surface area contributed by atoms with Crippen molar-refractivity contribution >= 4 is 15.9 Å². The van der Waals surface area contributed by atoms with Gasteiger partial charge in [0.05, 0.1) is 13.2 Å². The lowest BCUT2D eigenvalue weighted by Gasteiger charge is -2.10. The largest absolute Gasteiger partial charge is 0.493 e. The molecule has 82 valence electrons. The molecular formula is C12H15BrO2. The van der Waals surface area contributed by atoms with Gasteiger partial charge in [-0.15, -0.1) is 0 Å². The fraction of sp³-hybridized carbons (Fsp3) is 0.500. The molecule has 0 amide bonds. The average Bonchev–Trinajstić information content (AvgIpc) is 2.79. The predicted molar refractivity (Wildman–Crippen MR) is 63.5 cm³/mol. The van der Waals surface area contributed by atoms with Gasteiger partial charge in [-0.05, 0) is 24.1 Å². The molecule has 0 spiro atoms. The van der Waals surface area contributed by atoms with Gasteiger partial charge in [-0.2, -0.15) is 0 Å². The van der Waals surface area contributed by atoms with E-state index in [2.05, 4.69) is 28.1 Å². The lowest BCUT2D eigenvalue weighted by atomic mass is 10.1. The molecule has 1 fully saturated rings. The van der Waals surface area contributed by atoms with Crippen LogP contribution in [-0.4, -0.2) is 19.8 Å². The topological polar surface area (TPSA) is 18.5 Å². The number of ether oxygens (including phenoxy) is 2. The zero-order valence-corrected chi connectivity index (χ0v) is 10.2. The van der Waals surface area contributed by atoms with Crippen LogP contribution in [0.1, 0.15) is 12.0 Å².